The molecule has 5 aromatic carbocycles. The van der Waals surface area contributed by atoms with Gasteiger partial charge in [-0.05, 0) is 61.1 Å². The molecule has 396 valence electrons. The molecule has 0 radical (unpaired) electrons. The molecule has 0 aliphatic carbocycles. The fraction of sp³-hybridized carbons (Fsp3) is 0.241. The lowest BCUT2D eigenvalue weighted by Gasteiger charge is -2.51. The Hall–Kier alpha value is -7.39. The van der Waals surface area contributed by atoms with Gasteiger partial charge in [-0.2, -0.15) is 4.98 Å². The molecule has 3 aromatic heterocycles. The summed E-state index contributed by atoms with van der Waals surface area (Å²) in [6.07, 6.45) is -0.675. The van der Waals surface area contributed by atoms with Gasteiger partial charge in [-0.3, -0.25) is 32.8 Å². The first kappa shape index (κ1) is 53.0. The van der Waals surface area contributed by atoms with Gasteiger partial charge in [0.05, 0.1) is 43.4 Å². The smallest absolute Gasteiger partial charge is 0.351 e. The summed E-state index contributed by atoms with van der Waals surface area (Å²) in [5.74, 6) is -0.718. The monoisotopic (exact) mass is 1080 g/mol. The largest absolute Gasteiger partial charge is 0.351 e. The number of imidazole rings is 1. The average Bonchev–Trinajstić information content (AvgIpc) is 3.94. The first-order chi connectivity index (χ1) is 37.2. The number of hydrogen-bond donors (Lipinski definition) is 4. The predicted octanol–water partition coefficient (Wildman–Crippen LogP) is 6.84. The molecular formula is C54H55N11O10P2. The number of hydrogen-bond acceptors (Lipinski definition) is 13. The molecule has 0 bridgehead atoms. The predicted molar refractivity (Wildman–Crippen MR) is 287 cm³/mol. The van der Waals surface area contributed by atoms with Crippen molar-refractivity contribution in [2.24, 2.45) is 0 Å². The number of amides is 2. The van der Waals surface area contributed by atoms with Gasteiger partial charge in [0, 0.05) is 37.0 Å². The summed E-state index contributed by atoms with van der Waals surface area (Å²) < 4.78 is 53.9. The van der Waals surface area contributed by atoms with Gasteiger partial charge < -0.3 is 34.4 Å². The van der Waals surface area contributed by atoms with Crippen LogP contribution in [0.25, 0.3) is 11.2 Å². The van der Waals surface area contributed by atoms with Crippen LogP contribution in [0.15, 0.2) is 181 Å². The van der Waals surface area contributed by atoms with Gasteiger partial charge in [0.2, 0.25) is 0 Å². The molecule has 2 amide bonds. The number of morpholine rings is 2. The number of nitrogens with zero attached hydrogens (tertiary/aromatic N) is 9. The van der Waals surface area contributed by atoms with E-state index in [4.69, 9.17) is 19.0 Å². The SMILES string of the molecule is CN(C)P(=O)(OC[C@@H]1CN(C(c2ccccc2)(c2ccccc2)c2ccccc2)C[C@H](n2cnc3c(NC(=O)c4ccccc4)ncnc32)O1)N1C[C@@H](CP(=O)(O)O)O[C@@H](n2ccc(NC(=O)c3ccccc3)nc2=O)C1. The summed E-state index contributed by atoms with van der Waals surface area (Å²) in [7, 11) is -5.82. The normalized spacial score (nSPS) is 19.4. The number of rotatable bonds is 17. The molecular weight excluding hydrogens is 1020 g/mol. The van der Waals surface area contributed by atoms with E-state index in [0.29, 0.717) is 22.3 Å². The van der Waals surface area contributed by atoms with Crippen molar-refractivity contribution in [3.8, 4) is 0 Å². The summed E-state index contributed by atoms with van der Waals surface area (Å²) in [6.45, 7) is -0.321. The van der Waals surface area contributed by atoms with Crippen LogP contribution in [0.4, 0.5) is 11.6 Å². The Morgan fingerprint density at radius 1 is 0.675 bits per heavy atom. The Morgan fingerprint density at radius 3 is 1.75 bits per heavy atom. The molecule has 2 aliphatic rings. The Kier molecular flexibility index (Phi) is 15.6. The molecule has 4 N–H and O–H groups in total. The third-order valence-electron chi connectivity index (χ3n) is 13.4. The summed E-state index contributed by atoms with van der Waals surface area (Å²) in [5, 5.41) is 5.49. The Balaban J connectivity index is 1.01. The average molecular weight is 1080 g/mol. The van der Waals surface area contributed by atoms with Crippen molar-refractivity contribution >= 4 is 49.9 Å². The van der Waals surface area contributed by atoms with Crippen LogP contribution < -0.4 is 16.3 Å². The summed E-state index contributed by atoms with van der Waals surface area (Å²) in [5.41, 5.74) is 2.50. The van der Waals surface area contributed by atoms with Gasteiger partial charge in [-0.1, -0.05) is 127 Å². The zero-order chi connectivity index (χ0) is 53.7. The number of carbonyl (C=O) groups is 2. The van der Waals surface area contributed by atoms with Gasteiger partial charge in [0.1, 0.15) is 18.4 Å². The first-order valence-corrected chi connectivity index (χ1v) is 28.0. The van der Waals surface area contributed by atoms with Crippen molar-refractivity contribution in [1.82, 2.24) is 43.3 Å². The minimum Gasteiger partial charge on any atom is -0.351 e. The number of fused-ring (bicyclic) bond motifs is 1. The summed E-state index contributed by atoms with van der Waals surface area (Å²) in [6, 6.07) is 48.8. The molecule has 8 aromatic rings. The van der Waals surface area contributed by atoms with Crippen molar-refractivity contribution in [1.29, 1.82) is 0 Å². The van der Waals surface area contributed by atoms with E-state index in [1.165, 1.54) is 27.9 Å². The zero-order valence-electron chi connectivity index (χ0n) is 41.9. The number of nitrogens with one attached hydrogen (secondary N) is 2. The first-order valence-electron chi connectivity index (χ1n) is 24.6. The molecule has 2 fully saturated rings. The third kappa shape index (κ3) is 11.4. The minimum absolute atomic E-state index is 0.0381. The van der Waals surface area contributed by atoms with Gasteiger partial charge in [-0.15, -0.1) is 0 Å². The van der Waals surface area contributed by atoms with Crippen molar-refractivity contribution in [2.75, 3.05) is 63.7 Å². The van der Waals surface area contributed by atoms with Crippen LogP contribution in [0.2, 0.25) is 0 Å². The Labute approximate surface area is 442 Å². The number of ether oxygens (including phenoxy) is 2. The van der Waals surface area contributed by atoms with Crippen molar-refractivity contribution < 1.29 is 42.5 Å². The minimum atomic E-state index is -4.74. The Morgan fingerprint density at radius 2 is 1.21 bits per heavy atom. The molecule has 5 atom stereocenters. The lowest BCUT2D eigenvalue weighted by atomic mass is 9.75. The van der Waals surface area contributed by atoms with Crippen LogP contribution in [0.3, 0.4) is 0 Å². The van der Waals surface area contributed by atoms with Crippen molar-refractivity contribution in [3.05, 3.63) is 215 Å². The van der Waals surface area contributed by atoms with Gasteiger partial charge in [-0.25, -0.2) is 29.1 Å². The molecule has 21 nitrogen and oxygen atoms in total. The standard InChI is InChI=1S/C54H55N11O10P2/c1-61(2)77(72,63-31-44(35-76(69,70)71)75-47(33-63)64-29-28-45(59-53(64)68)58-51(66)38-18-8-3-9-19-38)73-34-43-30-62(54(40-22-12-5-13-23-40,41-24-14-6-15-25-41)42-26-16-7-17-27-42)32-46(74-43)65-37-57-48-49(55-36-56-50(48)65)60-52(67)39-20-10-4-11-21-39/h3-29,36-37,43-44,46-47H,30-35H2,1-2H3,(H2,69,70,71)(H,55,56,60,67)(H,58,59,66,68)/t43-,44-,46+,47+,77?/m0/s1. The molecule has 77 heavy (non-hydrogen) atoms. The number of benzene rings is 5. The number of carbonyl (C=O) groups excluding carboxylic acids is 2. The highest BCUT2D eigenvalue weighted by Gasteiger charge is 2.49. The van der Waals surface area contributed by atoms with Crippen LogP contribution >= 0.6 is 15.3 Å². The lowest BCUT2D eigenvalue weighted by Crippen LogP contribution is -2.57. The number of aromatic nitrogens is 6. The highest BCUT2D eigenvalue weighted by molar-refractivity contribution is 7.54. The molecule has 2 saturated heterocycles. The van der Waals surface area contributed by atoms with Crippen molar-refractivity contribution in [2.45, 2.75) is 30.2 Å². The summed E-state index contributed by atoms with van der Waals surface area (Å²) >= 11 is 0. The fourth-order valence-electron chi connectivity index (χ4n) is 9.98. The van der Waals surface area contributed by atoms with Crippen LogP contribution in [-0.4, -0.2) is 130 Å². The molecule has 0 saturated carbocycles. The van der Waals surface area contributed by atoms with E-state index in [-0.39, 0.29) is 50.3 Å². The van der Waals surface area contributed by atoms with Gasteiger partial charge in [0.25, 0.3) is 11.8 Å². The second kappa shape index (κ2) is 22.7. The fourth-order valence-corrected chi connectivity index (χ4v) is 12.7. The van der Waals surface area contributed by atoms with E-state index in [0.717, 1.165) is 21.3 Å². The second-order valence-corrected chi connectivity index (χ2v) is 23.0. The molecule has 2 aliphatic heterocycles. The van der Waals surface area contributed by atoms with Crippen LogP contribution in [0.5, 0.6) is 0 Å². The number of anilines is 2. The van der Waals surface area contributed by atoms with E-state index in [1.54, 1.807) is 79.6 Å². The molecule has 10 rings (SSSR count). The molecule has 1 unspecified atom stereocenters. The van der Waals surface area contributed by atoms with E-state index >= 15 is 4.57 Å². The van der Waals surface area contributed by atoms with Gasteiger partial charge in [0.15, 0.2) is 23.2 Å². The second-order valence-electron chi connectivity index (χ2n) is 18.7. The van der Waals surface area contributed by atoms with E-state index in [9.17, 15) is 28.7 Å². The topological polar surface area (TPSA) is 249 Å². The highest BCUT2D eigenvalue weighted by Crippen LogP contribution is 2.55. The zero-order valence-corrected chi connectivity index (χ0v) is 43.7. The van der Waals surface area contributed by atoms with Crippen LogP contribution in [-0.2, 0) is 28.7 Å². The maximum absolute atomic E-state index is 15.7. The van der Waals surface area contributed by atoms with Crippen LogP contribution in [0, 0.1) is 0 Å². The molecule has 23 heteroatoms. The van der Waals surface area contributed by atoms with Gasteiger partial charge >= 0.3 is 21.0 Å². The van der Waals surface area contributed by atoms with E-state index in [2.05, 4.69) is 66.9 Å². The quantitative estimate of drug-likeness (QED) is 0.0538. The summed E-state index contributed by atoms with van der Waals surface area (Å²) in [4.78, 5) is 80.5. The molecule has 0 spiro atoms. The Bertz CT molecular complexity index is 3410. The lowest BCUT2D eigenvalue weighted by molar-refractivity contribution is -0.147. The molecule has 5 heterocycles. The van der Waals surface area contributed by atoms with Crippen LogP contribution in [0.1, 0.15) is 49.9 Å². The van der Waals surface area contributed by atoms with E-state index in [1.807, 2.05) is 60.7 Å². The maximum atomic E-state index is 15.7. The maximum Gasteiger partial charge on any atom is 0.351 e. The third-order valence-corrected chi connectivity index (χ3v) is 16.8. The van der Waals surface area contributed by atoms with Crippen molar-refractivity contribution in [3.63, 3.8) is 0 Å². The van der Waals surface area contributed by atoms with E-state index < -0.39 is 63.2 Å². The highest BCUT2D eigenvalue weighted by atomic mass is 31.2.